The summed E-state index contributed by atoms with van der Waals surface area (Å²) in [7, 11) is 0. The van der Waals surface area contributed by atoms with E-state index in [1.807, 2.05) is 6.20 Å². The monoisotopic (exact) mass is 261 g/mol. The molecular formula is C16H27N3. The molecule has 2 aliphatic rings. The molecule has 2 saturated carbocycles. The predicted octanol–water partition coefficient (Wildman–Crippen LogP) is 4.23. The Morgan fingerprint density at radius 2 is 1.89 bits per heavy atom. The van der Waals surface area contributed by atoms with Crippen LogP contribution >= 0.6 is 0 Å². The number of anilines is 1. The van der Waals surface area contributed by atoms with Gasteiger partial charge in [0, 0.05) is 24.5 Å². The number of nitrogens with one attached hydrogen (secondary N) is 1. The zero-order valence-corrected chi connectivity index (χ0v) is 12.3. The lowest BCUT2D eigenvalue weighted by Gasteiger charge is -2.35. The summed E-state index contributed by atoms with van der Waals surface area (Å²) in [5.41, 5.74) is 0. The first-order valence-electron chi connectivity index (χ1n) is 8.05. The molecule has 1 N–H and O–H groups in total. The fourth-order valence-corrected chi connectivity index (χ4v) is 3.85. The molecule has 106 valence electrons. The summed E-state index contributed by atoms with van der Waals surface area (Å²) in [5.74, 6) is 2.70. The number of rotatable bonds is 3. The van der Waals surface area contributed by atoms with Crippen LogP contribution in [0.15, 0.2) is 12.4 Å². The smallest absolute Gasteiger partial charge is 0.203 e. The molecule has 1 heterocycles. The van der Waals surface area contributed by atoms with E-state index < -0.39 is 0 Å². The molecule has 0 bridgehead atoms. The van der Waals surface area contributed by atoms with E-state index in [0.29, 0.717) is 12.1 Å². The van der Waals surface area contributed by atoms with Gasteiger partial charge in [0.2, 0.25) is 5.95 Å². The second-order valence-corrected chi connectivity index (χ2v) is 6.61. The van der Waals surface area contributed by atoms with E-state index in [0.717, 1.165) is 17.8 Å². The molecule has 3 nitrogen and oxygen atoms in total. The Balaban J connectivity index is 1.71. The molecule has 3 unspecified atom stereocenters. The van der Waals surface area contributed by atoms with Crippen molar-refractivity contribution < 1.29 is 0 Å². The summed E-state index contributed by atoms with van der Waals surface area (Å²) in [6.07, 6.45) is 13.5. The normalized spacial score (nSPS) is 32.6. The van der Waals surface area contributed by atoms with Crippen LogP contribution in [-0.2, 0) is 0 Å². The van der Waals surface area contributed by atoms with E-state index >= 15 is 0 Å². The predicted molar refractivity (Wildman–Crippen MR) is 79.3 cm³/mol. The molecule has 0 aromatic carbocycles. The number of hydrogen-bond donors (Lipinski definition) is 1. The highest BCUT2D eigenvalue weighted by Crippen LogP contribution is 2.34. The van der Waals surface area contributed by atoms with E-state index in [-0.39, 0.29) is 0 Å². The SMILES string of the molecule is CC1CCCC(Nc2nccn2C2CCCC2)C1C. The van der Waals surface area contributed by atoms with Gasteiger partial charge < -0.3 is 9.88 Å². The molecule has 3 heteroatoms. The van der Waals surface area contributed by atoms with E-state index in [4.69, 9.17) is 0 Å². The first-order chi connectivity index (χ1) is 9.25. The van der Waals surface area contributed by atoms with Crippen molar-refractivity contribution in [3.8, 4) is 0 Å². The number of nitrogens with zero attached hydrogens (tertiary/aromatic N) is 2. The molecule has 0 radical (unpaired) electrons. The van der Waals surface area contributed by atoms with Crippen LogP contribution < -0.4 is 5.32 Å². The molecule has 0 saturated heterocycles. The highest BCUT2D eigenvalue weighted by molar-refractivity contribution is 5.29. The fourth-order valence-electron chi connectivity index (χ4n) is 3.85. The van der Waals surface area contributed by atoms with Gasteiger partial charge in [0.25, 0.3) is 0 Å². The Bertz CT molecular complexity index is 406. The Labute approximate surface area is 116 Å². The van der Waals surface area contributed by atoms with E-state index in [2.05, 4.69) is 34.9 Å². The van der Waals surface area contributed by atoms with Crippen molar-refractivity contribution in [1.82, 2.24) is 9.55 Å². The standard InChI is InChI=1S/C16H27N3/c1-12-6-5-9-15(13(12)2)18-16-17-10-11-19(16)14-7-3-4-8-14/h10-15H,3-9H2,1-2H3,(H,17,18). The van der Waals surface area contributed by atoms with Gasteiger partial charge in [-0.25, -0.2) is 4.98 Å². The van der Waals surface area contributed by atoms with Gasteiger partial charge in [0.05, 0.1) is 0 Å². The molecule has 2 aliphatic carbocycles. The minimum atomic E-state index is 0.603. The Morgan fingerprint density at radius 1 is 1.11 bits per heavy atom. The van der Waals surface area contributed by atoms with E-state index in [1.165, 1.54) is 44.9 Å². The lowest BCUT2D eigenvalue weighted by atomic mass is 9.78. The van der Waals surface area contributed by atoms with Crippen molar-refractivity contribution in [3.05, 3.63) is 12.4 Å². The second kappa shape index (κ2) is 5.56. The summed E-state index contributed by atoms with van der Waals surface area (Å²) in [5, 5.41) is 3.74. The van der Waals surface area contributed by atoms with Gasteiger partial charge in [-0.05, 0) is 31.1 Å². The van der Waals surface area contributed by atoms with Gasteiger partial charge in [0.1, 0.15) is 0 Å². The second-order valence-electron chi connectivity index (χ2n) is 6.61. The third kappa shape index (κ3) is 2.65. The summed E-state index contributed by atoms with van der Waals surface area (Å²) in [4.78, 5) is 4.57. The average Bonchev–Trinajstić information content (AvgIpc) is 3.05. The molecule has 0 spiro atoms. The van der Waals surface area contributed by atoms with Crippen LogP contribution in [0.2, 0.25) is 0 Å². The summed E-state index contributed by atoms with van der Waals surface area (Å²) in [6.45, 7) is 4.78. The Morgan fingerprint density at radius 3 is 2.68 bits per heavy atom. The van der Waals surface area contributed by atoms with E-state index in [9.17, 15) is 0 Å². The third-order valence-electron chi connectivity index (χ3n) is 5.41. The molecule has 0 amide bonds. The minimum absolute atomic E-state index is 0.603. The lowest BCUT2D eigenvalue weighted by Crippen LogP contribution is -2.36. The highest BCUT2D eigenvalue weighted by atomic mass is 15.2. The molecule has 1 aromatic rings. The van der Waals surface area contributed by atoms with Crippen LogP contribution in [0.1, 0.15) is 64.8 Å². The maximum absolute atomic E-state index is 4.57. The van der Waals surface area contributed by atoms with Gasteiger partial charge in [-0.3, -0.25) is 0 Å². The topological polar surface area (TPSA) is 29.9 Å². The molecule has 19 heavy (non-hydrogen) atoms. The highest BCUT2D eigenvalue weighted by Gasteiger charge is 2.28. The largest absolute Gasteiger partial charge is 0.353 e. The van der Waals surface area contributed by atoms with Gasteiger partial charge in [0.15, 0.2) is 0 Å². The van der Waals surface area contributed by atoms with Gasteiger partial charge in [-0.1, -0.05) is 39.5 Å². The molecular weight excluding hydrogens is 234 g/mol. The van der Waals surface area contributed by atoms with Crippen molar-refractivity contribution >= 4 is 5.95 Å². The van der Waals surface area contributed by atoms with Crippen LogP contribution in [0.4, 0.5) is 5.95 Å². The van der Waals surface area contributed by atoms with Crippen LogP contribution in [-0.4, -0.2) is 15.6 Å². The number of aromatic nitrogens is 2. The Hall–Kier alpha value is -0.990. The van der Waals surface area contributed by atoms with Gasteiger partial charge in [-0.2, -0.15) is 0 Å². The molecule has 0 aliphatic heterocycles. The van der Waals surface area contributed by atoms with E-state index in [1.54, 1.807) is 0 Å². The first-order valence-corrected chi connectivity index (χ1v) is 8.05. The fraction of sp³-hybridized carbons (Fsp3) is 0.812. The number of hydrogen-bond acceptors (Lipinski definition) is 2. The average molecular weight is 261 g/mol. The van der Waals surface area contributed by atoms with Crippen molar-refractivity contribution in [3.63, 3.8) is 0 Å². The first kappa shape index (κ1) is 13.0. The minimum Gasteiger partial charge on any atom is -0.353 e. The molecule has 3 atom stereocenters. The third-order valence-corrected chi connectivity index (χ3v) is 5.41. The molecule has 2 fully saturated rings. The summed E-state index contributed by atoms with van der Waals surface area (Å²) < 4.78 is 2.39. The van der Waals surface area contributed by atoms with Crippen LogP contribution in [0.5, 0.6) is 0 Å². The van der Waals surface area contributed by atoms with Crippen LogP contribution in [0.25, 0.3) is 0 Å². The van der Waals surface area contributed by atoms with Crippen molar-refractivity contribution in [2.45, 2.75) is 70.9 Å². The lowest BCUT2D eigenvalue weighted by molar-refractivity contribution is 0.251. The Kier molecular flexibility index (Phi) is 3.81. The van der Waals surface area contributed by atoms with Crippen molar-refractivity contribution in [2.24, 2.45) is 11.8 Å². The number of imidazole rings is 1. The molecule has 3 rings (SSSR count). The van der Waals surface area contributed by atoms with Crippen LogP contribution in [0, 0.1) is 11.8 Å². The van der Waals surface area contributed by atoms with Crippen LogP contribution in [0.3, 0.4) is 0 Å². The summed E-state index contributed by atoms with van der Waals surface area (Å²) >= 11 is 0. The van der Waals surface area contributed by atoms with Crippen molar-refractivity contribution in [1.29, 1.82) is 0 Å². The van der Waals surface area contributed by atoms with Gasteiger partial charge >= 0.3 is 0 Å². The zero-order valence-electron chi connectivity index (χ0n) is 12.3. The zero-order chi connectivity index (χ0) is 13.2. The molecule has 1 aromatic heterocycles. The summed E-state index contributed by atoms with van der Waals surface area (Å²) in [6, 6.07) is 1.28. The maximum atomic E-state index is 4.57. The van der Waals surface area contributed by atoms with Crippen molar-refractivity contribution in [2.75, 3.05) is 5.32 Å². The van der Waals surface area contributed by atoms with Gasteiger partial charge in [-0.15, -0.1) is 0 Å². The quantitative estimate of drug-likeness (QED) is 0.882. The maximum Gasteiger partial charge on any atom is 0.203 e.